The van der Waals surface area contributed by atoms with Crippen LogP contribution in [0.2, 0.25) is 0 Å². The number of benzene rings is 1. The number of hydrogen-bond donors (Lipinski definition) is 1. The Morgan fingerprint density at radius 3 is 2.66 bits per heavy atom. The van der Waals surface area contributed by atoms with E-state index < -0.39 is 9.84 Å². The number of hydrogen-bond acceptors (Lipinski definition) is 8. The number of rotatable bonds is 5. The van der Waals surface area contributed by atoms with Gasteiger partial charge in [-0.1, -0.05) is 23.4 Å². The van der Waals surface area contributed by atoms with Gasteiger partial charge in [-0.25, -0.2) is 22.8 Å². The fraction of sp³-hybridized carbons (Fsp3) is 0.111. The van der Waals surface area contributed by atoms with E-state index in [1.54, 1.807) is 30.3 Å². The van der Waals surface area contributed by atoms with Crippen LogP contribution in [0.4, 0.5) is 10.2 Å². The van der Waals surface area contributed by atoms with Crippen LogP contribution in [0.15, 0.2) is 58.3 Å². The molecule has 0 spiro atoms. The molecule has 0 amide bonds. The maximum atomic E-state index is 14.1. The van der Waals surface area contributed by atoms with E-state index in [1.807, 2.05) is 0 Å². The molecule has 0 aliphatic heterocycles. The van der Waals surface area contributed by atoms with Crippen LogP contribution < -0.4 is 5.73 Å². The number of anilines is 1. The SMILES string of the molecule is CS(=O)(=O)c1cnc(-c2cc(-c3ccon3)n(Cc3ccccc3F)n2)nc1N. The predicted octanol–water partition coefficient (Wildman–Crippen LogP) is 2.17. The van der Waals surface area contributed by atoms with Crippen molar-refractivity contribution >= 4 is 15.7 Å². The van der Waals surface area contributed by atoms with E-state index in [0.717, 1.165) is 12.5 Å². The van der Waals surface area contributed by atoms with Gasteiger partial charge in [0.2, 0.25) is 0 Å². The van der Waals surface area contributed by atoms with E-state index in [9.17, 15) is 12.8 Å². The highest BCUT2D eigenvalue weighted by Crippen LogP contribution is 2.26. The molecule has 3 aromatic heterocycles. The van der Waals surface area contributed by atoms with Crippen molar-refractivity contribution in [1.29, 1.82) is 0 Å². The molecule has 0 fully saturated rings. The van der Waals surface area contributed by atoms with E-state index in [0.29, 0.717) is 22.6 Å². The second kappa shape index (κ2) is 7.09. The highest BCUT2D eigenvalue weighted by molar-refractivity contribution is 7.90. The van der Waals surface area contributed by atoms with E-state index in [4.69, 9.17) is 10.3 Å². The number of nitrogen functional groups attached to an aromatic ring is 1. The van der Waals surface area contributed by atoms with Crippen LogP contribution in [0.5, 0.6) is 0 Å². The Hall–Kier alpha value is -3.60. The van der Waals surface area contributed by atoms with Crippen molar-refractivity contribution in [3.05, 3.63) is 60.2 Å². The molecule has 0 aliphatic carbocycles. The second-order valence-corrected chi connectivity index (χ2v) is 8.25. The van der Waals surface area contributed by atoms with Crippen LogP contribution in [0.25, 0.3) is 22.9 Å². The van der Waals surface area contributed by atoms with Crippen LogP contribution in [-0.4, -0.2) is 39.6 Å². The maximum Gasteiger partial charge on any atom is 0.182 e. The highest BCUT2D eigenvalue weighted by atomic mass is 32.2. The summed E-state index contributed by atoms with van der Waals surface area (Å²) in [5.74, 6) is -0.412. The highest BCUT2D eigenvalue weighted by Gasteiger charge is 2.19. The van der Waals surface area contributed by atoms with Gasteiger partial charge in [-0.3, -0.25) is 4.68 Å². The lowest BCUT2D eigenvalue weighted by molar-refractivity contribution is 0.421. The summed E-state index contributed by atoms with van der Waals surface area (Å²) in [6, 6.07) is 9.63. The van der Waals surface area contributed by atoms with Crippen LogP contribution in [-0.2, 0) is 16.4 Å². The normalized spacial score (nSPS) is 11.7. The third-order valence-electron chi connectivity index (χ3n) is 4.17. The molecule has 29 heavy (non-hydrogen) atoms. The van der Waals surface area contributed by atoms with E-state index >= 15 is 0 Å². The first-order valence-corrected chi connectivity index (χ1v) is 10.3. The number of nitrogens with zero attached hydrogens (tertiary/aromatic N) is 5. The first kappa shape index (κ1) is 18.7. The average Bonchev–Trinajstić information content (AvgIpc) is 3.32. The molecule has 0 aliphatic rings. The summed E-state index contributed by atoms with van der Waals surface area (Å²) in [5.41, 5.74) is 7.58. The molecule has 2 N–H and O–H groups in total. The van der Waals surface area contributed by atoms with Crippen molar-refractivity contribution < 1.29 is 17.3 Å². The molecule has 3 heterocycles. The van der Waals surface area contributed by atoms with Gasteiger partial charge >= 0.3 is 0 Å². The van der Waals surface area contributed by atoms with E-state index in [2.05, 4.69) is 20.2 Å². The summed E-state index contributed by atoms with van der Waals surface area (Å²) < 4.78 is 44.0. The molecular weight excluding hydrogens is 399 g/mol. The fourth-order valence-corrected chi connectivity index (χ4v) is 3.45. The lowest BCUT2D eigenvalue weighted by Crippen LogP contribution is -2.07. The lowest BCUT2D eigenvalue weighted by atomic mass is 10.2. The minimum Gasteiger partial charge on any atom is -0.382 e. The predicted molar refractivity (Wildman–Crippen MR) is 102 cm³/mol. The third-order valence-corrected chi connectivity index (χ3v) is 5.28. The van der Waals surface area contributed by atoms with Crippen LogP contribution in [0.1, 0.15) is 5.56 Å². The average molecular weight is 414 g/mol. The summed E-state index contributed by atoms with van der Waals surface area (Å²) in [4.78, 5) is 7.97. The molecule has 0 saturated heterocycles. The molecule has 4 aromatic rings. The summed E-state index contributed by atoms with van der Waals surface area (Å²) in [6.07, 6.45) is 3.57. The minimum atomic E-state index is -3.56. The van der Waals surface area contributed by atoms with Crippen LogP contribution >= 0.6 is 0 Å². The number of aromatic nitrogens is 5. The summed E-state index contributed by atoms with van der Waals surface area (Å²) in [5, 5.41) is 8.35. The van der Waals surface area contributed by atoms with Crippen molar-refractivity contribution in [2.75, 3.05) is 12.0 Å². The first-order valence-electron chi connectivity index (χ1n) is 8.38. The van der Waals surface area contributed by atoms with Gasteiger partial charge in [0.15, 0.2) is 15.7 Å². The summed E-state index contributed by atoms with van der Waals surface area (Å²) in [6.45, 7) is 0.131. The first-order chi connectivity index (χ1) is 13.8. The lowest BCUT2D eigenvalue weighted by Gasteiger charge is -2.06. The zero-order valence-electron chi connectivity index (χ0n) is 15.2. The Balaban J connectivity index is 1.80. The fourth-order valence-electron chi connectivity index (χ4n) is 2.78. The zero-order chi connectivity index (χ0) is 20.6. The topological polar surface area (TPSA) is 130 Å². The number of halogens is 1. The third kappa shape index (κ3) is 3.72. The molecule has 9 nitrogen and oxygen atoms in total. The standard InChI is InChI=1S/C18H15FN6O3S/c1-29(26,27)16-9-21-18(22-17(16)20)14-8-15(13-6-7-28-24-13)25(23-14)10-11-4-2-3-5-12(11)19/h2-9H,10H2,1H3,(H2,20,21,22). The zero-order valence-corrected chi connectivity index (χ0v) is 16.0. The molecule has 0 radical (unpaired) electrons. The van der Waals surface area contributed by atoms with Gasteiger partial charge in [0.1, 0.15) is 34.2 Å². The molecule has 0 bridgehead atoms. The van der Waals surface area contributed by atoms with Gasteiger partial charge in [0.25, 0.3) is 0 Å². The minimum absolute atomic E-state index is 0.131. The summed E-state index contributed by atoms with van der Waals surface area (Å²) >= 11 is 0. The second-order valence-electron chi connectivity index (χ2n) is 6.26. The van der Waals surface area contributed by atoms with Crippen molar-refractivity contribution in [3.63, 3.8) is 0 Å². The monoisotopic (exact) mass is 414 g/mol. The van der Waals surface area contributed by atoms with Gasteiger partial charge < -0.3 is 10.3 Å². The maximum absolute atomic E-state index is 14.1. The smallest absolute Gasteiger partial charge is 0.182 e. The van der Waals surface area contributed by atoms with Crippen molar-refractivity contribution in [2.24, 2.45) is 0 Å². The van der Waals surface area contributed by atoms with Crippen molar-refractivity contribution in [2.45, 2.75) is 11.4 Å². The quantitative estimate of drug-likeness (QED) is 0.526. The van der Waals surface area contributed by atoms with Gasteiger partial charge in [-0.15, -0.1) is 0 Å². The van der Waals surface area contributed by atoms with Gasteiger partial charge in [0, 0.05) is 17.9 Å². The summed E-state index contributed by atoms with van der Waals surface area (Å²) in [7, 11) is -3.56. The van der Waals surface area contributed by atoms with E-state index in [-0.39, 0.29) is 28.9 Å². The Morgan fingerprint density at radius 1 is 1.21 bits per heavy atom. The number of sulfone groups is 1. The largest absolute Gasteiger partial charge is 0.382 e. The molecule has 0 saturated carbocycles. The molecule has 0 atom stereocenters. The van der Waals surface area contributed by atoms with Crippen LogP contribution in [0, 0.1) is 5.82 Å². The molecule has 1 aromatic carbocycles. The Morgan fingerprint density at radius 2 is 2.00 bits per heavy atom. The van der Waals surface area contributed by atoms with Gasteiger partial charge in [-0.05, 0) is 12.1 Å². The molecular formula is C18H15FN6O3S. The Bertz CT molecular complexity index is 1280. The number of nitrogens with two attached hydrogens (primary N) is 1. The Kier molecular flexibility index (Phi) is 4.59. The molecule has 11 heteroatoms. The van der Waals surface area contributed by atoms with Gasteiger partial charge in [0.05, 0.1) is 18.4 Å². The Labute approximate surface area is 164 Å². The molecule has 4 rings (SSSR count). The van der Waals surface area contributed by atoms with E-state index in [1.165, 1.54) is 17.0 Å². The molecule has 0 unspecified atom stereocenters. The molecule has 148 valence electrons. The van der Waals surface area contributed by atoms with Crippen LogP contribution in [0.3, 0.4) is 0 Å². The van der Waals surface area contributed by atoms with Gasteiger partial charge in [-0.2, -0.15) is 5.10 Å². The van der Waals surface area contributed by atoms with Crippen molar-refractivity contribution in [1.82, 2.24) is 24.9 Å². The van der Waals surface area contributed by atoms with Crippen molar-refractivity contribution in [3.8, 4) is 22.9 Å².